The van der Waals surface area contributed by atoms with Crippen molar-refractivity contribution in [1.82, 2.24) is 5.32 Å². The molecule has 1 aliphatic carbocycles. The van der Waals surface area contributed by atoms with Crippen LogP contribution in [-0.4, -0.2) is 29.8 Å². The van der Waals surface area contributed by atoms with Crippen molar-refractivity contribution in [3.8, 4) is 0 Å². The fourth-order valence-corrected chi connectivity index (χ4v) is 2.96. The molecular weight excluding hydrogens is 212 g/mol. The summed E-state index contributed by atoms with van der Waals surface area (Å²) in [5.41, 5.74) is 6.15. The molecule has 1 fully saturated rings. The molecule has 0 aromatic rings. The summed E-state index contributed by atoms with van der Waals surface area (Å²) >= 11 is 0. The van der Waals surface area contributed by atoms with E-state index >= 15 is 0 Å². The molecule has 3 unspecified atom stereocenters. The Morgan fingerprint density at radius 2 is 2.18 bits per heavy atom. The molecule has 1 rings (SSSR count). The summed E-state index contributed by atoms with van der Waals surface area (Å²) in [5.74, 6) is 0.836. The molecule has 0 aliphatic heterocycles. The van der Waals surface area contributed by atoms with Gasteiger partial charge in [-0.2, -0.15) is 0 Å². The summed E-state index contributed by atoms with van der Waals surface area (Å²) in [5, 5.41) is 12.8. The minimum atomic E-state index is 0.126. The van der Waals surface area contributed by atoms with E-state index in [0.717, 1.165) is 25.3 Å². The Labute approximate surface area is 106 Å². The Morgan fingerprint density at radius 1 is 1.41 bits per heavy atom. The average Bonchev–Trinajstić information content (AvgIpc) is 2.52. The maximum absolute atomic E-state index is 9.08. The van der Waals surface area contributed by atoms with E-state index in [9.17, 15) is 0 Å². The van der Waals surface area contributed by atoms with Gasteiger partial charge in [0.25, 0.3) is 0 Å². The third-order valence-electron chi connectivity index (χ3n) is 4.34. The largest absolute Gasteiger partial charge is 0.396 e. The first kappa shape index (κ1) is 14.9. The third kappa shape index (κ3) is 4.57. The van der Waals surface area contributed by atoms with Crippen LogP contribution in [0.25, 0.3) is 0 Å². The monoisotopic (exact) mass is 242 g/mol. The zero-order valence-electron chi connectivity index (χ0n) is 11.5. The minimum Gasteiger partial charge on any atom is -0.396 e. The number of nitrogens with two attached hydrogens (primary N) is 1. The van der Waals surface area contributed by atoms with E-state index in [0.29, 0.717) is 6.04 Å². The van der Waals surface area contributed by atoms with E-state index in [2.05, 4.69) is 19.2 Å². The topological polar surface area (TPSA) is 58.3 Å². The highest BCUT2D eigenvalue weighted by molar-refractivity contribution is 4.93. The van der Waals surface area contributed by atoms with Crippen LogP contribution in [0.15, 0.2) is 0 Å². The lowest BCUT2D eigenvalue weighted by atomic mass is 9.88. The van der Waals surface area contributed by atoms with Gasteiger partial charge in [-0.1, -0.05) is 26.7 Å². The predicted molar refractivity (Wildman–Crippen MR) is 73.0 cm³/mol. The number of hydrogen-bond acceptors (Lipinski definition) is 3. The predicted octanol–water partition coefficient (Wildman–Crippen LogP) is 2.03. The van der Waals surface area contributed by atoms with E-state index in [1.54, 1.807) is 0 Å². The van der Waals surface area contributed by atoms with Gasteiger partial charge in [0.2, 0.25) is 0 Å². The maximum atomic E-state index is 9.08. The zero-order chi connectivity index (χ0) is 12.7. The lowest BCUT2D eigenvalue weighted by Crippen LogP contribution is -2.55. The van der Waals surface area contributed by atoms with Gasteiger partial charge in [0.1, 0.15) is 0 Å². The molecule has 4 N–H and O–H groups in total. The standard InChI is InChI=1S/C14H30N2O/c1-3-13(7-10-17)16-14(11-15)8-4-5-12(2)6-9-14/h12-13,16-17H,3-11,15H2,1-2H3. The minimum absolute atomic E-state index is 0.126. The van der Waals surface area contributed by atoms with E-state index in [1.165, 1.54) is 32.1 Å². The van der Waals surface area contributed by atoms with Gasteiger partial charge >= 0.3 is 0 Å². The Kier molecular flexibility index (Phi) is 6.45. The fraction of sp³-hybridized carbons (Fsp3) is 1.00. The number of rotatable bonds is 6. The summed E-state index contributed by atoms with van der Waals surface area (Å²) < 4.78 is 0. The second-order valence-corrected chi connectivity index (χ2v) is 5.78. The summed E-state index contributed by atoms with van der Waals surface area (Å²) in [7, 11) is 0. The molecule has 0 radical (unpaired) electrons. The van der Waals surface area contributed by atoms with Crippen LogP contribution >= 0.6 is 0 Å². The highest BCUT2D eigenvalue weighted by Gasteiger charge is 2.32. The summed E-state index contributed by atoms with van der Waals surface area (Å²) in [4.78, 5) is 0. The van der Waals surface area contributed by atoms with Crippen LogP contribution in [0.5, 0.6) is 0 Å². The highest BCUT2D eigenvalue weighted by atomic mass is 16.3. The number of aliphatic hydroxyl groups is 1. The van der Waals surface area contributed by atoms with E-state index in [-0.39, 0.29) is 12.1 Å². The Balaban J connectivity index is 2.59. The molecule has 0 saturated heterocycles. The van der Waals surface area contributed by atoms with Crippen LogP contribution in [-0.2, 0) is 0 Å². The van der Waals surface area contributed by atoms with Crippen LogP contribution < -0.4 is 11.1 Å². The van der Waals surface area contributed by atoms with Gasteiger partial charge in [-0.05, 0) is 38.0 Å². The first-order valence-electron chi connectivity index (χ1n) is 7.24. The lowest BCUT2D eigenvalue weighted by molar-refractivity contribution is 0.211. The van der Waals surface area contributed by atoms with Gasteiger partial charge in [-0.25, -0.2) is 0 Å². The van der Waals surface area contributed by atoms with Crippen molar-refractivity contribution in [3.63, 3.8) is 0 Å². The molecule has 0 bridgehead atoms. The quantitative estimate of drug-likeness (QED) is 0.625. The summed E-state index contributed by atoms with van der Waals surface area (Å²) in [6.07, 6.45) is 8.18. The van der Waals surface area contributed by atoms with Crippen molar-refractivity contribution in [2.45, 2.75) is 70.4 Å². The first-order chi connectivity index (χ1) is 8.15. The molecule has 102 valence electrons. The van der Waals surface area contributed by atoms with Gasteiger partial charge in [0, 0.05) is 24.7 Å². The lowest BCUT2D eigenvalue weighted by Gasteiger charge is -2.37. The Bertz CT molecular complexity index is 210. The van der Waals surface area contributed by atoms with Crippen LogP contribution in [0.2, 0.25) is 0 Å². The van der Waals surface area contributed by atoms with Crippen molar-refractivity contribution in [3.05, 3.63) is 0 Å². The number of hydrogen-bond donors (Lipinski definition) is 3. The molecule has 0 aromatic carbocycles. The van der Waals surface area contributed by atoms with E-state index in [4.69, 9.17) is 10.8 Å². The summed E-state index contributed by atoms with van der Waals surface area (Å²) in [6, 6.07) is 0.414. The second-order valence-electron chi connectivity index (χ2n) is 5.78. The third-order valence-corrected chi connectivity index (χ3v) is 4.34. The fourth-order valence-electron chi connectivity index (χ4n) is 2.96. The van der Waals surface area contributed by atoms with Crippen LogP contribution in [0.4, 0.5) is 0 Å². The van der Waals surface area contributed by atoms with Crippen molar-refractivity contribution in [2.24, 2.45) is 11.7 Å². The normalized spacial score (nSPS) is 32.1. The molecule has 0 heterocycles. The average molecular weight is 242 g/mol. The second kappa shape index (κ2) is 7.34. The zero-order valence-corrected chi connectivity index (χ0v) is 11.5. The molecule has 0 amide bonds. The van der Waals surface area contributed by atoms with E-state index in [1.807, 2.05) is 0 Å². The van der Waals surface area contributed by atoms with Gasteiger partial charge in [0.15, 0.2) is 0 Å². The Morgan fingerprint density at radius 3 is 2.76 bits per heavy atom. The Hall–Kier alpha value is -0.120. The van der Waals surface area contributed by atoms with Crippen molar-refractivity contribution < 1.29 is 5.11 Å². The van der Waals surface area contributed by atoms with Crippen molar-refractivity contribution in [2.75, 3.05) is 13.2 Å². The molecule has 3 nitrogen and oxygen atoms in total. The number of aliphatic hydroxyl groups excluding tert-OH is 1. The van der Waals surface area contributed by atoms with Crippen LogP contribution in [0.3, 0.4) is 0 Å². The van der Waals surface area contributed by atoms with Crippen LogP contribution in [0.1, 0.15) is 58.8 Å². The first-order valence-corrected chi connectivity index (χ1v) is 7.24. The molecule has 3 heteroatoms. The molecule has 0 spiro atoms. The maximum Gasteiger partial charge on any atom is 0.0445 e. The van der Waals surface area contributed by atoms with Gasteiger partial charge in [-0.3, -0.25) is 0 Å². The number of nitrogens with one attached hydrogen (secondary N) is 1. The van der Waals surface area contributed by atoms with Crippen molar-refractivity contribution in [1.29, 1.82) is 0 Å². The van der Waals surface area contributed by atoms with Gasteiger partial charge in [-0.15, -0.1) is 0 Å². The highest BCUT2D eigenvalue weighted by Crippen LogP contribution is 2.30. The molecule has 1 saturated carbocycles. The smallest absolute Gasteiger partial charge is 0.0445 e. The SMILES string of the molecule is CCC(CCO)NC1(CN)CCCC(C)CC1. The summed E-state index contributed by atoms with van der Waals surface area (Å²) in [6.45, 7) is 5.51. The van der Waals surface area contributed by atoms with Crippen LogP contribution in [0, 0.1) is 5.92 Å². The molecule has 1 aliphatic rings. The molecule has 0 aromatic heterocycles. The molecule has 17 heavy (non-hydrogen) atoms. The molecule has 3 atom stereocenters. The molecular formula is C14H30N2O. The van der Waals surface area contributed by atoms with Crippen molar-refractivity contribution >= 4 is 0 Å². The van der Waals surface area contributed by atoms with E-state index < -0.39 is 0 Å². The van der Waals surface area contributed by atoms with Gasteiger partial charge < -0.3 is 16.2 Å². The van der Waals surface area contributed by atoms with Gasteiger partial charge in [0.05, 0.1) is 0 Å².